The Labute approximate surface area is 313 Å². The second-order valence-corrected chi connectivity index (χ2v) is 15.7. The molecule has 1 amide bonds. The number of hydrogen-bond donors (Lipinski definition) is 2. The van der Waals surface area contributed by atoms with E-state index in [4.69, 9.17) is 9.05 Å². The lowest BCUT2D eigenvalue weighted by Gasteiger charge is -2.30. The highest BCUT2D eigenvalue weighted by molar-refractivity contribution is 7.45. The summed E-state index contributed by atoms with van der Waals surface area (Å²) < 4.78 is 23.1. The van der Waals surface area contributed by atoms with E-state index >= 15 is 0 Å². The Morgan fingerprint density at radius 1 is 0.706 bits per heavy atom. The number of rotatable bonds is 34. The van der Waals surface area contributed by atoms with Crippen molar-refractivity contribution >= 4 is 13.7 Å². The molecule has 0 rings (SSSR count). The van der Waals surface area contributed by atoms with Gasteiger partial charge in [-0.1, -0.05) is 138 Å². The molecule has 0 bridgehead atoms. The lowest BCUT2D eigenvalue weighted by atomic mass is 10.0. The van der Waals surface area contributed by atoms with Crippen LogP contribution in [0, 0.1) is 0 Å². The van der Waals surface area contributed by atoms with Gasteiger partial charge in [-0.15, -0.1) is 0 Å². The molecule has 9 heteroatoms. The maximum absolute atomic E-state index is 12.8. The van der Waals surface area contributed by atoms with Crippen LogP contribution in [0.2, 0.25) is 0 Å². The van der Waals surface area contributed by atoms with Gasteiger partial charge in [0.05, 0.1) is 39.9 Å². The third kappa shape index (κ3) is 36.1. The summed E-state index contributed by atoms with van der Waals surface area (Å²) in [4.78, 5) is 25.1. The summed E-state index contributed by atoms with van der Waals surface area (Å²) in [6.07, 6.45) is 43.5. The SMILES string of the molecule is CC/C=C\C/C=C\C/C=C\C/C=C\C/C=C\C/C=C\CCCCC(=O)NC(COP(=O)([O-])OCC[N+](C)(C)C)C(O)CCCCCCCCCC. The Bertz CT molecular complexity index is 1060. The van der Waals surface area contributed by atoms with Crippen LogP contribution in [0.25, 0.3) is 0 Å². The van der Waals surface area contributed by atoms with Crippen LogP contribution in [0.5, 0.6) is 0 Å². The second kappa shape index (κ2) is 33.8. The predicted molar refractivity (Wildman–Crippen MR) is 214 cm³/mol. The number of nitrogens with one attached hydrogen (secondary N) is 1. The largest absolute Gasteiger partial charge is 0.756 e. The summed E-state index contributed by atoms with van der Waals surface area (Å²) in [5, 5.41) is 13.7. The molecule has 0 saturated heterocycles. The van der Waals surface area contributed by atoms with Gasteiger partial charge in [-0.05, 0) is 64.2 Å². The quantitative estimate of drug-likeness (QED) is 0.0295. The molecule has 0 saturated carbocycles. The minimum Gasteiger partial charge on any atom is -0.756 e. The topological polar surface area (TPSA) is 108 Å². The summed E-state index contributed by atoms with van der Waals surface area (Å²) in [6.45, 7) is 4.49. The van der Waals surface area contributed by atoms with Crippen molar-refractivity contribution in [1.82, 2.24) is 5.32 Å². The number of unbranched alkanes of at least 4 members (excludes halogenated alkanes) is 9. The fourth-order valence-corrected chi connectivity index (χ4v) is 5.76. The third-order valence-corrected chi connectivity index (χ3v) is 9.17. The van der Waals surface area contributed by atoms with Gasteiger partial charge >= 0.3 is 0 Å². The van der Waals surface area contributed by atoms with Gasteiger partial charge in [0.2, 0.25) is 5.91 Å². The molecule has 0 spiro atoms. The van der Waals surface area contributed by atoms with Gasteiger partial charge < -0.3 is 28.8 Å². The van der Waals surface area contributed by atoms with Crippen LogP contribution in [-0.2, 0) is 18.4 Å². The maximum atomic E-state index is 12.8. The summed E-state index contributed by atoms with van der Waals surface area (Å²) in [6, 6.07) is -0.824. The van der Waals surface area contributed by atoms with Crippen molar-refractivity contribution in [3.63, 3.8) is 0 Å². The molecule has 2 N–H and O–H groups in total. The van der Waals surface area contributed by atoms with Crippen molar-refractivity contribution in [3.8, 4) is 0 Å². The first-order valence-electron chi connectivity index (χ1n) is 19.8. The molecule has 0 aromatic carbocycles. The average Bonchev–Trinajstić information content (AvgIpc) is 3.07. The first-order chi connectivity index (χ1) is 24.5. The highest BCUT2D eigenvalue weighted by Crippen LogP contribution is 2.38. The minimum atomic E-state index is -4.57. The molecule has 8 nitrogen and oxygen atoms in total. The van der Waals surface area contributed by atoms with Crippen molar-refractivity contribution in [2.24, 2.45) is 0 Å². The maximum Gasteiger partial charge on any atom is 0.268 e. The number of allylic oxidation sites excluding steroid dienone is 12. The molecule has 0 aromatic rings. The number of aliphatic hydroxyl groups is 1. The smallest absolute Gasteiger partial charge is 0.268 e. The molecule has 0 radical (unpaired) electrons. The fraction of sp³-hybridized carbons (Fsp3) is 0.690. The van der Waals surface area contributed by atoms with Crippen LogP contribution in [-0.4, -0.2) is 68.5 Å². The second-order valence-electron chi connectivity index (χ2n) is 14.3. The number of phosphoric ester groups is 1. The predicted octanol–water partition coefficient (Wildman–Crippen LogP) is 9.83. The zero-order valence-corrected chi connectivity index (χ0v) is 33.9. The average molecular weight is 735 g/mol. The number of aliphatic hydroxyl groups excluding tert-OH is 1. The first-order valence-corrected chi connectivity index (χ1v) is 21.2. The van der Waals surface area contributed by atoms with E-state index < -0.39 is 20.0 Å². The van der Waals surface area contributed by atoms with E-state index in [9.17, 15) is 19.4 Å². The summed E-state index contributed by atoms with van der Waals surface area (Å²) in [5.74, 6) is -0.215. The van der Waals surface area contributed by atoms with Crippen LogP contribution < -0.4 is 10.2 Å². The number of nitrogens with zero attached hydrogens (tertiary/aromatic N) is 1. The molecule has 0 aliphatic carbocycles. The van der Waals surface area contributed by atoms with Gasteiger partial charge in [0.25, 0.3) is 7.82 Å². The van der Waals surface area contributed by atoms with Crippen molar-refractivity contribution in [1.29, 1.82) is 0 Å². The Hall–Kier alpha value is -2.06. The number of likely N-dealkylation sites (N-methyl/N-ethyl adjacent to an activating group) is 1. The molecule has 51 heavy (non-hydrogen) atoms. The minimum absolute atomic E-state index is 0.00111. The standard InChI is InChI=1S/C42H75N2O6P/c1-6-8-10-12-14-16-17-18-19-20-21-22-23-24-25-26-27-28-30-32-34-36-42(46)43-40(39-50-51(47,48)49-38-37-44(3,4)5)41(45)35-33-31-29-15-13-11-9-7-2/h8,10,14,16,18-19,21-22,24-25,27-28,40-41,45H,6-7,9,11-13,15,17,20,23,26,29-39H2,1-5H3,(H-,43,46,47,48)/b10-8-,16-14-,19-18-,22-21-,25-24-,28-27-. The number of carbonyl (C=O) groups excluding carboxylic acids is 1. The van der Waals surface area contributed by atoms with E-state index in [0.29, 0.717) is 30.3 Å². The molecule has 0 aromatic heterocycles. The highest BCUT2D eigenvalue weighted by Gasteiger charge is 2.24. The molecule has 294 valence electrons. The Kier molecular flexibility index (Phi) is 32.4. The Balaban J connectivity index is 4.45. The monoisotopic (exact) mass is 735 g/mol. The molecule has 0 heterocycles. The lowest BCUT2D eigenvalue weighted by Crippen LogP contribution is -2.46. The number of amides is 1. The van der Waals surface area contributed by atoms with Gasteiger partial charge in [0.1, 0.15) is 13.2 Å². The first kappa shape index (κ1) is 48.9. The number of phosphoric acid groups is 1. The lowest BCUT2D eigenvalue weighted by molar-refractivity contribution is -0.870. The van der Waals surface area contributed by atoms with Crippen LogP contribution in [0.4, 0.5) is 0 Å². The van der Waals surface area contributed by atoms with Crippen LogP contribution >= 0.6 is 7.82 Å². The van der Waals surface area contributed by atoms with Crippen LogP contribution in [0.1, 0.15) is 136 Å². The van der Waals surface area contributed by atoms with Crippen molar-refractivity contribution in [2.75, 3.05) is 40.9 Å². The Morgan fingerprint density at radius 3 is 1.71 bits per heavy atom. The fourth-order valence-electron chi connectivity index (χ4n) is 5.04. The van der Waals surface area contributed by atoms with Crippen molar-refractivity contribution in [2.45, 2.75) is 148 Å². The van der Waals surface area contributed by atoms with Gasteiger partial charge in [0, 0.05) is 6.42 Å². The number of carbonyl (C=O) groups is 1. The Morgan fingerprint density at radius 2 is 1.20 bits per heavy atom. The molecule has 3 atom stereocenters. The van der Waals surface area contributed by atoms with E-state index in [1.54, 1.807) is 0 Å². The molecular weight excluding hydrogens is 659 g/mol. The van der Waals surface area contributed by atoms with Crippen LogP contribution in [0.3, 0.4) is 0 Å². The van der Waals surface area contributed by atoms with E-state index in [1.165, 1.54) is 32.1 Å². The van der Waals surface area contributed by atoms with Gasteiger partial charge in [-0.3, -0.25) is 9.36 Å². The van der Waals surface area contributed by atoms with Gasteiger partial charge in [-0.2, -0.15) is 0 Å². The highest BCUT2D eigenvalue weighted by atomic mass is 31.2. The summed E-state index contributed by atoms with van der Waals surface area (Å²) >= 11 is 0. The normalized spacial score (nSPS) is 15.4. The van der Waals surface area contributed by atoms with Gasteiger partial charge in [-0.25, -0.2) is 0 Å². The van der Waals surface area contributed by atoms with E-state index in [2.05, 4.69) is 92.1 Å². The molecule has 0 fully saturated rings. The zero-order chi connectivity index (χ0) is 37.9. The van der Waals surface area contributed by atoms with Crippen molar-refractivity contribution < 1.29 is 32.9 Å². The molecule has 0 aliphatic heterocycles. The zero-order valence-electron chi connectivity index (χ0n) is 33.0. The van der Waals surface area contributed by atoms with Gasteiger partial charge in [0.15, 0.2) is 0 Å². The van der Waals surface area contributed by atoms with E-state index in [0.717, 1.165) is 70.6 Å². The summed E-state index contributed by atoms with van der Waals surface area (Å²) in [5.41, 5.74) is 0. The van der Waals surface area contributed by atoms with E-state index in [-0.39, 0.29) is 19.1 Å². The number of quaternary nitrogens is 1. The third-order valence-electron chi connectivity index (χ3n) is 8.21. The van der Waals surface area contributed by atoms with Crippen LogP contribution in [0.15, 0.2) is 72.9 Å². The van der Waals surface area contributed by atoms with E-state index in [1.807, 2.05) is 21.1 Å². The molecule has 3 unspecified atom stereocenters. The molecule has 0 aliphatic rings. The summed E-state index contributed by atoms with van der Waals surface area (Å²) in [7, 11) is 1.26. The molecular formula is C42H75N2O6P. The van der Waals surface area contributed by atoms with Crippen molar-refractivity contribution in [3.05, 3.63) is 72.9 Å². The number of hydrogen-bond acceptors (Lipinski definition) is 6.